The summed E-state index contributed by atoms with van der Waals surface area (Å²) in [6.07, 6.45) is 0. The van der Waals surface area contributed by atoms with Gasteiger partial charge in [-0.25, -0.2) is 4.98 Å². The highest BCUT2D eigenvalue weighted by Gasteiger charge is 2.24. The molecule has 0 aliphatic heterocycles. The Morgan fingerprint density at radius 2 is 1.79 bits per heavy atom. The molecule has 29 heavy (non-hydrogen) atoms. The Bertz CT molecular complexity index is 978. The van der Waals surface area contributed by atoms with Crippen molar-refractivity contribution in [2.75, 3.05) is 14.2 Å². The third-order valence-electron chi connectivity index (χ3n) is 4.73. The number of fused-ring (bicyclic) bond motifs is 1. The third kappa shape index (κ3) is 4.45. The van der Waals surface area contributed by atoms with E-state index in [1.807, 2.05) is 4.90 Å². The molecule has 0 fully saturated rings. The van der Waals surface area contributed by atoms with Crippen molar-refractivity contribution in [3.63, 3.8) is 0 Å². The van der Waals surface area contributed by atoms with Crippen LogP contribution in [0.4, 0.5) is 17.6 Å². The number of aromatic nitrogens is 2. The lowest BCUT2D eigenvalue weighted by Gasteiger charge is -2.25. The van der Waals surface area contributed by atoms with E-state index in [0.29, 0.717) is 17.6 Å². The lowest BCUT2D eigenvalue weighted by atomic mass is 10.1. The molecule has 156 valence electrons. The first-order chi connectivity index (χ1) is 13.8. The Morgan fingerprint density at radius 3 is 2.45 bits per heavy atom. The number of hydrogen-bond acceptors (Lipinski definition) is 4. The fourth-order valence-corrected chi connectivity index (χ4v) is 3.19. The maximum atomic E-state index is 13.7. The summed E-state index contributed by atoms with van der Waals surface area (Å²) in [6.45, 7) is -3.54. The Labute approximate surface area is 165 Å². The zero-order chi connectivity index (χ0) is 21.1. The molecular weight excluding hydrogens is 390 g/mol. The number of halogens is 4. The predicted molar refractivity (Wildman–Crippen MR) is 100 cm³/mol. The first-order valence-electron chi connectivity index (χ1n) is 8.88. The van der Waals surface area contributed by atoms with Crippen LogP contribution in [0.3, 0.4) is 0 Å². The summed E-state index contributed by atoms with van der Waals surface area (Å²) in [5.74, 6) is 0.346. The van der Waals surface area contributed by atoms with Gasteiger partial charge >= 0.3 is 13.2 Å². The van der Waals surface area contributed by atoms with E-state index in [1.165, 1.54) is 13.2 Å². The molecule has 1 atom stereocenters. The Kier molecular flexibility index (Phi) is 6.26. The normalized spacial score (nSPS) is 12.9. The summed E-state index contributed by atoms with van der Waals surface area (Å²) in [5, 5.41) is 0. The van der Waals surface area contributed by atoms with E-state index in [9.17, 15) is 17.6 Å². The SMILES string of the molecule is COc1cc(CN(C)C(C)c2nc3ccccc3n2C(F)F)ccc1OC(F)F. The van der Waals surface area contributed by atoms with E-state index < -0.39 is 19.2 Å². The Hall–Kier alpha value is -2.81. The van der Waals surface area contributed by atoms with Crippen LogP contribution in [0.5, 0.6) is 11.5 Å². The van der Waals surface area contributed by atoms with E-state index >= 15 is 0 Å². The molecule has 0 amide bonds. The molecule has 1 heterocycles. The van der Waals surface area contributed by atoms with Gasteiger partial charge in [-0.05, 0) is 43.8 Å². The molecule has 0 N–H and O–H groups in total. The van der Waals surface area contributed by atoms with Gasteiger partial charge in [-0.2, -0.15) is 17.6 Å². The van der Waals surface area contributed by atoms with Gasteiger partial charge in [0.15, 0.2) is 11.5 Å². The highest BCUT2D eigenvalue weighted by atomic mass is 19.3. The van der Waals surface area contributed by atoms with E-state index in [1.54, 1.807) is 50.4 Å². The minimum Gasteiger partial charge on any atom is -0.493 e. The van der Waals surface area contributed by atoms with Gasteiger partial charge in [-0.15, -0.1) is 0 Å². The molecule has 3 aromatic rings. The molecule has 9 heteroatoms. The van der Waals surface area contributed by atoms with E-state index in [0.717, 1.165) is 10.1 Å². The van der Waals surface area contributed by atoms with Crippen molar-refractivity contribution >= 4 is 11.0 Å². The van der Waals surface area contributed by atoms with Crippen LogP contribution in [0.25, 0.3) is 11.0 Å². The molecule has 0 saturated carbocycles. The van der Waals surface area contributed by atoms with Gasteiger partial charge in [0.05, 0.1) is 24.2 Å². The fourth-order valence-electron chi connectivity index (χ4n) is 3.19. The minimum atomic E-state index is -2.96. The highest BCUT2D eigenvalue weighted by molar-refractivity contribution is 5.76. The maximum Gasteiger partial charge on any atom is 0.387 e. The molecule has 0 saturated heterocycles. The summed E-state index contributed by atoms with van der Waals surface area (Å²) in [4.78, 5) is 6.23. The zero-order valence-corrected chi connectivity index (χ0v) is 16.2. The van der Waals surface area contributed by atoms with Crippen molar-refractivity contribution in [2.24, 2.45) is 0 Å². The molecule has 1 aromatic heterocycles. The highest BCUT2D eigenvalue weighted by Crippen LogP contribution is 2.32. The van der Waals surface area contributed by atoms with Crippen molar-refractivity contribution < 1.29 is 27.0 Å². The number of nitrogens with zero attached hydrogens (tertiary/aromatic N) is 3. The topological polar surface area (TPSA) is 39.5 Å². The van der Waals surface area contributed by atoms with Gasteiger partial charge in [0.1, 0.15) is 5.82 Å². The van der Waals surface area contributed by atoms with Crippen LogP contribution in [0, 0.1) is 0 Å². The molecule has 0 aliphatic rings. The Morgan fingerprint density at radius 1 is 1.07 bits per heavy atom. The second-order valence-corrected chi connectivity index (χ2v) is 6.56. The largest absolute Gasteiger partial charge is 0.493 e. The summed E-state index contributed by atoms with van der Waals surface area (Å²) in [5.41, 5.74) is 1.61. The number of alkyl halides is 4. The lowest BCUT2D eigenvalue weighted by molar-refractivity contribution is -0.0512. The molecule has 0 bridgehead atoms. The number of imidazole rings is 1. The van der Waals surface area contributed by atoms with Crippen LogP contribution in [-0.2, 0) is 6.54 Å². The van der Waals surface area contributed by atoms with E-state index in [-0.39, 0.29) is 17.3 Å². The van der Waals surface area contributed by atoms with Crippen molar-refractivity contribution in [3.05, 3.63) is 53.9 Å². The van der Waals surface area contributed by atoms with Gasteiger partial charge in [0.25, 0.3) is 0 Å². The van der Waals surface area contributed by atoms with Crippen LogP contribution in [0.1, 0.15) is 30.9 Å². The lowest BCUT2D eigenvalue weighted by Crippen LogP contribution is -2.25. The smallest absolute Gasteiger partial charge is 0.387 e. The van der Waals surface area contributed by atoms with Crippen LogP contribution in [0.2, 0.25) is 0 Å². The number of ether oxygens (including phenoxy) is 2. The van der Waals surface area contributed by atoms with Crippen LogP contribution < -0.4 is 9.47 Å². The minimum absolute atomic E-state index is 0.0681. The first-order valence-corrected chi connectivity index (χ1v) is 8.88. The van der Waals surface area contributed by atoms with Gasteiger partial charge in [-0.3, -0.25) is 9.47 Å². The van der Waals surface area contributed by atoms with E-state index in [2.05, 4.69) is 9.72 Å². The Balaban J connectivity index is 1.85. The molecule has 0 aliphatic carbocycles. The molecule has 1 unspecified atom stereocenters. The second kappa shape index (κ2) is 8.69. The maximum absolute atomic E-state index is 13.7. The van der Waals surface area contributed by atoms with Crippen molar-refractivity contribution in [1.29, 1.82) is 0 Å². The van der Waals surface area contributed by atoms with Crippen LogP contribution in [-0.4, -0.2) is 35.2 Å². The third-order valence-corrected chi connectivity index (χ3v) is 4.73. The molecule has 3 rings (SSSR count). The fraction of sp³-hybridized carbons (Fsp3) is 0.350. The summed E-state index contributed by atoms with van der Waals surface area (Å²) < 4.78 is 62.8. The first kappa shape index (κ1) is 20.9. The van der Waals surface area contributed by atoms with Crippen molar-refractivity contribution in [3.8, 4) is 11.5 Å². The van der Waals surface area contributed by atoms with Gasteiger partial charge in [0, 0.05) is 6.54 Å². The summed E-state index contributed by atoms with van der Waals surface area (Å²) >= 11 is 0. The molecule has 5 nitrogen and oxygen atoms in total. The molecule has 2 aromatic carbocycles. The average molecular weight is 411 g/mol. The average Bonchev–Trinajstić information content (AvgIpc) is 3.07. The van der Waals surface area contributed by atoms with Crippen molar-refractivity contribution in [1.82, 2.24) is 14.5 Å². The van der Waals surface area contributed by atoms with Crippen LogP contribution >= 0.6 is 0 Å². The van der Waals surface area contributed by atoms with E-state index in [4.69, 9.17) is 4.74 Å². The van der Waals surface area contributed by atoms with Crippen LogP contribution in [0.15, 0.2) is 42.5 Å². The standard InChI is InChI=1S/C20H21F4N3O2/c1-12(18-25-14-6-4-5-7-15(14)27(18)19(21)22)26(2)11-13-8-9-16(29-20(23)24)17(10-13)28-3/h4-10,12,19-20H,11H2,1-3H3. The number of rotatable bonds is 8. The van der Waals surface area contributed by atoms with Gasteiger partial charge in [0.2, 0.25) is 0 Å². The zero-order valence-electron chi connectivity index (χ0n) is 16.2. The number of para-hydroxylation sites is 2. The predicted octanol–water partition coefficient (Wildman–Crippen LogP) is 5.23. The van der Waals surface area contributed by atoms with Gasteiger partial charge in [-0.1, -0.05) is 18.2 Å². The molecule has 0 spiro atoms. The summed E-state index contributed by atoms with van der Waals surface area (Å²) in [7, 11) is 3.13. The van der Waals surface area contributed by atoms with Gasteiger partial charge < -0.3 is 9.47 Å². The number of hydrogen-bond donors (Lipinski definition) is 0. The quantitative estimate of drug-likeness (QED) is 0.476. The number of methoxy groups -OCH3 is 1. The van der Waals surface area contributed by atoms with Crippen molar-refractivity contribution in [2.45, 2.75) is 32.7 Å². The summed E-state index contributed by atoms with van der Waals surface area (Å²) in [6, 6.07) is 10.9. The second-order valence-electron chi connectivity index (χ2n) is 6.56. The number of benzene rings is 2. The monoisotopic (exact) mass is 411 g/mol. The molecular formula is C20H21F4N3O2. The molecule has 0 radical (unpaired) electrons.